The molecule has 22 heavy (non-hydrogen) atoms. The minimum atomic E-state index is 0.174. The van der Waals surface area contributed by atoms with E-state index >= 15 is 0 Å². The van der Waals surface area contributed by atoms with Gasteiger partial charge in [0.25, 0.3) is 5.91 Å². The van der Waals surface area contributed by atoms with E-state index in [1.807, 2.05) is 30.3 Å². The molecule has 0 unspecified atom stereocenters. The first-order valence-corrected chi connectivity index (χ1v) is 8.30. The molecule has 0 saturated carbocycles. The van der Waals surface area contributed by atoms with Gasteiger partial charge in [0.15, 0.2) is 0 Å². The number of carbonyl (C=O) groups is 1. The number of nitrogens with one attached hydrogen (secondary N) is 1. The average Bonchev–Trinajstić information content (AvgIpc) is 3.09. The van der Waals surface area contributed by atoms with Gasteiger partial charge in [-0.1, -0.05) is 43.7 Å². The number of benzene rings is 2. The second-order valence-corrected chi connectivity index (χ2v) is 6.06. The van der Waals surface area contributed by atoms with Crippen molar-refractivity contribution in [3.05, 3.63) is 48.0 Å². The van der Waals surface area contributed by atoms with Gasteiger partial charge < -0.3 is 10.2 Å². The molecule has 1 saturated heterocycles. The standard InChI is InChI=1S/C19H24N2O/c1-2-3-12-21(18-10-11-20-14-18)19(22)17-9-8-15-6-4-5-7-16(15)13-17/h4-9,13,18,20H,2-3,10-12,14H2,1H3/t18-/m1/s1. The van der Waals surface area contributed by atoms with E-state index in [4.69, 9.17) is 0 Å². The number of carbonyl (C=O) groups excluding carboxylic acids is 1. The lowest BCUT2D eigenvalue weighted by atomic mass is 10.0. The van der Waals surface area contributed by atoms with Crippen molar-refractivity contribution in [2.45, 2.75) is 32.2 Å². The van der Waals surface area contributed by atoms with Crippen LogP contribution in [0.2, 0.25) is 0 Å². The van der Waals surface area contributed by atoms with Crippen LogP contribution >= 0.6 is 0 Å². The van der Waals surface area contributed by atoms with Crippen molar-refractivity contribution in [1.29, 1.82) is 0 Å². The second kappa shape index (κ2) is 6.93. The molecule has 1 heterocycles. The number of hydrogen-bond donors (Lipinski definition) is 1. The van der Waals surface area contributed by atoms with Crippen molar-refractivity contribution in [3.8, 4) is 0 Å². The van der Waals surface area contributed by atoms with E-state index < -0.39 is 0 Å². The third-order valence-electron chi connectivity index (χ3n) is 4.48. The molecule has 3 nitrogen and oxygen atoms in total. The van der Waals surface area contributed by atoms with Crippen molar-refractivity contribution in [2.24, 2.45) is 0 Å². The number of amides is 1. The van der Waals surface area contributed by atoms with Crippen LogP contribution in [0.5, 0.6) is 0 Å². The van der Waals surface area contributed by atoms with E-state index in [2.05, 4.69) is 29.3 Å². The fourth-order valence-corrected chi connectivity index (χ4v) is 3.17. The molecule has 1 atom stereocenters. The Labute approximate surface area is 132 Å². The molecule has 0 bridgehead atoms. The fourth-order valence-electron chi connectivity index (χ4n) is 3.17. The van der Waals surface area contributed by atoms with Gasteiger partial charge >= 0.3 is 0 Å². The quantitative estimate of drug-likeness (QED) is 0.916. The van der Waals surface area contributed by atoms with E-state index in [1.165, 1.54) is 5.39 Å². The molecule has 2 aromatic rings. The van der Waals surface area contributed by atoms with Gasteiger partial charge in [-0.25, -0.2) is 0 Å². The number of fused-ring (bicyclic) bond motifs is 1. The number of hydrogen-bond acceptors (Lipinski definition) is 2. The Morgan fingerprint density at radius 3 is 2.77 bits per heavy atom. The van der Waals surface area contributed by atoms with Crippen LogP contribution in [0.25, 0.3) is 10.8 Å². The Kier molecular flexibility index (Phi) is 4.74. The maximum atomic E-state index is 13.0. The summed E-state index contributed by atoms with van der Waals surface area (Å²) in [4.78, 5) is 15.1. The smallest absolute Gasteiger partial charge is 0.254 e. The van der Waals surface area contributed by atoms with Crippen molar-refractivity contribution in [3.63, 3.8) is 0 Å². The lowest BCUT2D eigenvalue weighted by Crippen LogP contribution is -2.42. The van der Waals surface area contributed by atoms with Crippen LogP contribution in [0.1, 0.15) is 36.5 Å². The molecular weight excluding hydrogens is 272 g/mol. The minimum Gasteiger partial charge on any atom is -0.334 e. The van der Waals surface area contributed by atoms with Crippen molar-refractivity contribution >= 4 is 16.7 Å². The van der Waals surface area contributed by atoms with Crippen LogP contribution < -0.4 is 5.32 Å². The van der Waals surface area contributed by atoms with Crippen LogP contribution in [-0.4, -0.2) is 36.5 Å². The molecule has 1 N–H and O–H groups in total. The summed E-state index contributed by atoms with van der Waals surface area (Å²) in [5.74, 6) is 0.174. The van der Waals surface area contributed by atoms with E-state index in [-0.39, 0.29) is 5.91 Å². The van der Waals surface area contributed by atoms with Gasteiger partial charge in [0, 0.05) is 24.7 Å². The van der Waals surface area contributed by atoms with Gasteiger partial charge in [0.05, 0.1) is 0 Å². The van der Waals surface area contributed by atoms with E-state index in [0.29, 0.717) is 6.04 Å². The molecule has 1 amide bonds. The Balaban J connectivity index is 1.86. The molecule has 3 heteroatoms. The van der Waals surface area contributed by atoms with Crippen LogP contribution in [-0.2, 0) is 0 Å². The van der Waals surface area contributed by atoms with Gasteiger partial charge in [0.1, 0.15) is 0 Å². The van der Waals surface area contributed by atoms with Gasteiger partial charge in [-0.3, -0.25) is 4.79 Å². The molecule has 0 aliphatic carbocycles. The van der Waals surface area contributed by atoms with Crippen LogP contribution in [0.4, 0.5) is 0 Å². The Bertz CT molecular complexity index is 647. The van der Waals surface area contributed by atoms with Gasteiger partial charge in [-0.15, -0.1) is 0 Å². The SMILES string of the molecule is CCCCN(C(=O)c1ccc2ccccc2c1)[C@@H]1CCNC1. The normalized spacial score (nSPS) is 17.8. The summed E-state index contributed by atoms with van der Waals surface area (Å²) in [5, 5.41) is 5.69. The van der Waals surface area contributed by atoms with Crippen molar-refractivity contribution < 1.29 is 4.79 Å². The van der Waals surface area contributed by atoms with Gasteiger partial charge in [0.2, 0.25) is 0 Å². The van der Waals surface area contributed by atoms with Crippen LogP contribution in [0.15, 0.2) is 42.5 Å². The summed E-state index contributed by atoms with van der Waals surface area (Å²) in [6.45, 7) is 4.96. The Morgan fingerprint density at radius 1 is 1.23 bits per heavy atom. The lowest BCUT2D eigenvalue weighted by molar-refractivity contribution is 0.0689. The average molecular weight is 296 g/mol. The summed E-state index contributed by atoms with van der Waals surface area (Å²) < 4.78 is 0. The predicted molar refractivity (Wildman–Crippen MR) is 91.2 cm³/mol. The fraction of sp³-hybridized carbons (Fsp3) is 0.421. The highest BCUT2D eigenvalue weighted by Gasteiger charge is 2.26. The summed E-state index contributed by atoms with van der Waals surface area (Å²) in [7, 11) is 0. The molecule has 116 valence electrons. The minimum absolute atomic E-state index is 0.174. The maximum absolute atomic E-state index is 13.0. The second-order valence-electron chi connectivity index (χ2n) is 6.06. The highest BCUT2D eigenvalue weighted by molar-refractivity contribution is 5.98. The molecule has 2 aromatic carbocycles. The Hall–Kier alpha value is -1.87. The zero-order chi connectivity index (χ0) is 15.4. The number of unbranched alkanes of at least 4 members (excludes halogenated alkanes) is 1. The zero-order valence-electron chi connectivity index (χ0n) is 13.2. The summed E-state index contributed by atoms with van der Waals surface area (Å²) >= 11 is 0. The lowest BCUT2D eigenvalue weighted by Gasteiger charge is -2.28. The van der Waals surface area contributed by atoms with Gasteiger partial charge in [-0.2, -0.15) is 0 Å². The molecule has 3 rings (SSSR count). The summed E-state index contributed by atoms with van der Waals surface area (Å²) in [6, 6.07) is 14.6. The van der Waals surface area contributed by atoms with Gasteiger partial charge in [-0.05, 0) is 42.3 Å². The van der Waals surface area contributed by atoms with E-state index in [1.54, 1.807) is 0 Å². The van der Waals surface area contributed by atoms with E-state index in [0.717, 1.165) is 49.8 Å². The number of nitrogens with zero attached hydrogens (tertiary/aromatic N) is 1. The van der Waals surface area contributed by atoms with Crippen LogP contribution in [0, 0.1) is 0 Å². The first kappa shape index (κ1) is 15.0. The molecule has 0 radical (unpaired) electrons. The molecular formula is C19H24N2O. The third-order valence-corrected chi connectivity index (χ3v) is 4.48. The molecule has 0 aromatic heterocycles. The highest BCUT2D eigenvalue weighted by atomic mass is 16.2. The summed E-state index contributed by atoms with van der Waals surface area (Å²) in [5.41, 5.74) is 0.807. The molecule has 1 aliphatic heterocycles. The molecule has 1 fully saturated rings. The molecule has 1 aliphatic rings. The summed E-state index contributed by atoms with van der Waals surface area (Å²) in [6.07, 6.45) is 3.24. The monoisotopic (exact) mass is 296 g/mol. The van der Waals surface area contributed by atoms with Crippen molar-refractivity contribution in [1.82, 2.24) is 10.2 Å². The molecule has 0 spiro atoms. The zero-order valence-corrected chi connectivity index (χ0v) is 13.2. The third kappa shape index (κ3) is 3.14. The van der Waals surface area contributed by atoms with Crippen molar-refractivity contribution in [2.75, 3.05) is 19.6 Å². The number of rotatable bonds is 5. The van der Waals surface area contributed by atoms with E-state index in [9.17, 15) is 4.79 Å². The maximum Gasteiger partial charge on any atom is 0.254 e. The first-order valence-electron chi connectivity index (χ1n) is 8.30. The largest absolute Gasteiger partial charge is 0.334 e. The predicted octanol–water partition coefficient (Wildman–Crippen LogP) is 3.44. The Morgan fingerprint density at radius 2 is 2.05 bits per heavy atom. The highest BCUT2D eigenvalue weighted by Crippen LogP contribution is 2.19. The topological polar surface area (TPSA) is 32.3 Å². The first-order chi connectivity index (χ1) is 10.8. The van der Waals surface area contributed by atoms with Crippen LogP contribution in [0.3, 0.4) is 0 Å².